The molecule has 2 aromatic rings. The van der Waals surface area contributed by atoms with E-state index in [1.54, 1.807) is 26.8 Å². The van der Waals surface area contributed by atoms with Crippen molar-refractivity contribution in [2.24, 2.45) is 0 Å². The summed E-state index contributed by atoms with van der Waals surface area (Å²) in [7, 11) is 0. The summed E-state index contributed by atoms with van der Waals surface area (Å²) in [5, 5.41) is 21.6. The number of allylic oxidation sites excluding steroid dienone is 2. The van der Waals surface area contributed by atoms with Crippen molar-refractivity contribution >= 4 is 17.6 Å². The fraction of sp³-hybridized carbons (Fsp3) is 0.483. The topological polar surface area (TPSA) is 146 Å². The minimum absolute atomic E-state index is 0.140. The molecule has 1 aliphatic heterocycles. The SMILES string of the molecule is CCOC(=O)C1=C(C)NC(C)=C(C(=O)OCCCCCCOc2cc(C(C)C)[nH]n2)C1c1cccc([N+](=O)[O-])c1. The number of hydrogen-bond donors (Lipinski definition) is 2. The molecule has 11 heteroatoms. The molecular formula is C29H38N4O7. The van der Waals surface area contributed by atoms with Gasteiger partial charge in [0.15, 0.2) is 0 Å². The van der Waals surface area contributed by atoms with Crippen molar-refractivity contribution in [3.05, 3.63) is 74.2 Å². The van der Waals surface area contributed by atoms with Crippen molar-refractivity contribution in [1.29, 1.82) is 0 Å². The van der Waals surface area contributed by atoms with Crippen molar-refractivity contribution < 1.29 is 28.7 Å². The Kier molecular flexibility index (Phi) is 10.9. The van der Waals surface area contributed by atoms with Crippen LogP contribution in [-0.4, -0.2) is 46.9 Å². The first-order valence-electron chi connectivity index (χ1n) is 13.6. The van der Waals surface area contributed by atoms with Gasteiger partial charge in [0.25, 0.3) is 5.69 Å². The highest BCUT2D eigenvalue weighted by Gasteiger charge is 2.38. The second kappa shape index (κ2) is 14.3. The van der Waals surface area contributed by atoms with Crippen LogP contribution >= 0.6 is 0 Å². The van der Waals surface area contributed by atoms with E-state index in [-0.39, 0.29) is 30.0 Å². The molecule has 0 bridgehead atoms. The average Bonchev–Trinajstić information content (AvgIpc) is 3.39. The maximum absolute atomic E-state index is 13.3. The minimum atomic E-state index is -0.872. The summed E-state index contributed by atoms with van der Waals surface area (Å²) >= 11 is 0. The van der Waals surface area contributed by atoms with Gasteiger partial charge in [-0.05, 0) is 57.9 Å². The lowest BCUT2D eigenvalue weighted by atomic mass is 9.80. The highest BCUT2D eigenvalue weighted by molar-refractivity contribution is 6.00. The molecule has 1 unspecified atom stereocenters. The number of aromatic amines is 1. The van der Waals surface area contributed by atoms with Gasteiger partial charge in [-0.3, -0.25) is 15.2 Å². The Morgan fingerprint density at radius 3 is 2.25 bits per heavy atom. The molecule has 2 heterocycles. The number of nitrogens with zero attached hydrogens (tertiary/aromatic N) is 2. The zero-order chi connectivity index (χ0) is 29.2. The lowest BCUT2D eigenvalue weighted by molar-refractivity contribution is -0.384. The van der Waals surface area contributed by atoms with E-state index in [1.807, 2.05) is 6.07 Å². The third-order valence-corrected chi connectivity index (χ3v) is 6.61. The van der Waals surface area contributed by atoms with Gasteiger partial charge in [-0.15, -0.1) is 5.10 Å². The molecule has 216 valence electrons. The predicted octanol–water partition coefficient (Wildman–Crippen LogP) is 5.42. The molecule has 1 aliphatic rings. The van der Waals surface area contributed by atoms with Crippen LogP contribution in [0, 0.1) is 10.1 Å². The monoisotopic (exact) mass is 554 g/mol. The number of carbonyl (C=O) groups excluding carboxylic acids is 2. The third kappa shape index (κ3) is 7.71. The molecule has 1 aromatic carbocycles. The summed E-state index contributed by atoms with van der Waals surface area (Å²) in [6.45, 7) is 10.2. The zero-order valence-electron chi connectivity index (χ0n) is 23.7. The van der Waals surface area contributed by atoms with Crippen molar-refractivity contribution in [2.45, 2.75) is 72.1 Å². The Morgan fingerprint density at radius 2 is 1.65 bits per heavy atom. The summed E-state index contributed by atoms with van der Waals surface area (Å²) in [5.74, 6) is -1.11. The molecule has 0 radical (unpaired) electrons. The molecule has 11 nitrogen and oxygen atoms in total. The van der Waals surface area contributed by atoms with E-state index in [1.165, 1.54) is 18.2 Å². The molecule has 0 fully saturated rings. The Labute approximate surface area is 234 Å². The highest BCUT2D eigenvalue weighted by atomic mass is 16.6. The van der Waals surface area contributed by atoms with Crippen LogP contribution in [0.4, 0.5) is 5.69 Å². The van der Waals surface area contributed by atoms with Gasteiger partial charge in [-0.25, -0.2) is 9.59 Å². The number of aromatic nitrogens is 2. The van der Waals surface area contributed by atoms with E-state index in [4.69, 9.17) is 14.2 Å². The molecule has 0 aliphatic carbocycles. The molecule has 40 heavy (non-hydrogen) atoms. The van der Waals surface area contributed by atoms with Crippen molar-refractivity contribution in [2.75, 3.05) is 19.8 Å². The zero-order valence-corrected chi connectivity index (χ0v) is 23.7. The first-order valence-corrected chi connectivity index (χ1v) is 13.6. The quantitative estimate of drug-likeness (QED) is 0.135. The number of unbranched alkanes of at least 4 members (excludes halogenated alkanes) is 3. The van der Waals surface area contributed by atoms with Gasteiger partial charge in [-0.2, -0.15) is 0 Å². The number of benzene rings is 1. The van der Waals surface area contributed by atoms with Gasteiger partial charge in [0, 0.05) is 35.3 Å². The van der Waals surface area contributed by atoms with Crippen LogP contribution in [0.2, 0.25) is 0 Å². The summed E-state index contributed by atoms with van der Waals surface area (Å²) < 4.78 is 16.6. The number of H-pyrrole nitrogens is 1. The van der Waals surface area contributed by atoms with Crippen molar-refractivity contribution in [3.8, 4) is 5.88 Å². The molecule has 3 rings (SSSR count). The Balaban J connectivity index is 1.61. The largest absolute Gasteiger partial charge is 0.477 e. The number of esters is 2. The first kappa shape index (κ1) is 30.4. The van der Waals surface area contributed by atoms with Crippen LogP contribution in [0.3, 0.4) is 0 Å². The second-order valence-electron chi connectivity index (χ2n) is 9.92. The summed E-state index contributed by atoms with van der Waals surface area (Å²) in [6.07, 6.45) is 3.24. The average molecular weight is 555 g/mol. The van der Waals surface area contributed by atoms with E-state index < -0.39 is 22.8 Å². The van der Waals surface area contributed by atoms with E-state index in [0.29, 0.717) is 41.8 Å². The lowest BCUT2D eigenvalue weighted by Gasteiger charge is -2.30. The molecule has 1 aromatic heterocycles. The molecule has 0 spiro atoms. The van der Waals surface area contributed by atoms with Gasteiger partial charge in [0.05, 0.1) is 41.8 Å². The van der Waals surface area contributed by atoms with Gasteiger partial charge < -0.3 is 19.5 Å². The van der Waals surface area contributed by atoms with Crippen LogP contribution in [0.1, 0.15) is 83.4 Å². The molecule has 1 atom stereocenters. The van der Waals surface area contributed by atoms with Gasteiger partial charge in [0.1, 0.15) is 0 Å². The molecular weight excluding hydrogens is 516 g/mol. The maximum Gasteiger partial charge on any atom is 0.336 e. The van der Waals surface area contributed by atoms with E-state index >= 15 is 0 Å². The van der Waals surface area contributed by atoms with Crippen LogP contribution in [0.15, 0.2) is 52.9 Å². The number of nitro benzene ring substituents is 1. The third-order valence-electron chi connectivity index (χ3n) is 6.61. The molecule has 0 amide bonds. The number of non-ortho nitro benzene ring substituents is 1. The molecule has 0 saturated carbocycles. The summed E-state index contributed by atoms with van der Waals surface area (Å²) in [4.78, 5) is 37.2. The fourth-order valence-electron chi connectivity index (χ4n) is 4.56. The van der Waals surface area contributed by atoms with Crippen molar-refractivity contribution in [1.82, 2.24) is 15.5 Å². The Morgan fingerprint density at radius 1 is 1.00 bits per heavy atom. The standard InChI is InChI=1S/C29H38N4O7/c1-6-38-28(34)25-19(4)30-20(5)26(27(25)21-12-11-13-22(16-21)33(36)37)29(35)40-15-10-8-7-9-14-39-24-17-23(18(2)3)31-32-24/h11-13,16-18,27,30H,6-10,14-15H2,1-5H3,(H,31,32). The van der Waals surface area contributed by atoms with E-state index in [2.05, 4.69) is 29.4 Å². The number of hydrogen-bond acceptors (Lipinski definition) is 9. The van der Waals surface area contributed by atoms with E-state index in [9.17, 15) is 19.7 Å². The Hall–Kier alpha value is -4.15. The second-order valence-corrected chi connectivity index (χ2v) is 9.92. The number of dihydropyridines is 1. The number of nitro groups is 1. The predicted molar refractivity (Wildman–Crippen MR) is 149 cm³/mol. The van der Waals surface area contributed by atoms with Crippen LogP contribution in [-0.2, 0) is 19.1 Å². The lowest BCUT2D eigenvalue weighted by Crippen LogP contribution is -2.32. The van der Waals surface area contributed by atoms with E-state index in [0.717, 1.165) is 25.0 Å². The minimum Gasteiger partial charge on any atom is -0.477 e. The highest BCUT2D eigenvalue weighted by Crippen LogP contribution is 2.40. The van der Waals surface area contributed by atoms with Crippen LogP contribution < -0.4 is 10.1 Å². The van der Waals surface area contributed by atoms with Crippen LogP contribution in [0.25, 0.3) is 0 Å². The normalized spacial score (nSPS) is 15.2. The van der Waals surface area contributed by atoms with Gasteiger partial charge >= 0.3 is 11.9 Å². The number of carbonyl (C=O) groups is 2. The van der Waals surface area contributed by atoms with Crippen LogP contribution in [0.5, 0.6) is 5.88 Å². The van der Waals surface area contributed by atoms with Gasteiger partial charge in [-0.1, -0.05) is 26.0 Å². The summed E-state index contributed by atoms with van der Waals surface area (Å²) in [5.41, 5.74) is 2.80. The molecule has 0 saturated heterocycles. The maximum atomic E-state index is 13.3. The fourth-order valence-corrected chi connectivity index (χ4v) is 4.56. The number of nitrogens with one attached hydrogen (secondary N) is 2. The first-order chi connectivity index (χ1) is 19.1. The molecule has 2 N–H and O–H groups in total. The Bertz CT molecular complexity index is 1280. The van der Waals surface area contributed by atoms with Gasteiger partial charge in [0.2, 0.25) is 5.88 Å². The number of ether oxygens (including phenoxy) is 3. The smallest absolute Gasteiger partial charge is 0.336 e. The van der Waals surface area contributed by atoms with Crippen molar-refractivity contribution in [3.63, 3.8) is 0 Å². The summed E-state index contributed by atoms with van der Waals surface area (Å²) in [6, 6.07) is 7.84. The number of rotatable bonds is 14.